The quantitative estimate of drug-likeness (QED) is 0.400. The number of aromatic hydroxyl groups is 1. The third-order valence-corrected chi connectivity index (χ3v) is 6.05. The Balaban J connectivity index is 1.90. The Kier molecular flexibility index (Phi) is 6.59. The van der Waals surface area contributed by atoms with Crippen LogP contribution in [0.5, 0.6) is 5.75 Å². The predicted octanol–water partition coefficient (Wildman–Crippen LogP) is 3.06. The minimum Gasteiger partial charge on any atom is -0.501 e. The van der Waals surface area contributed by atoms with Crippen LogP contribution in [-0.2, 0) is 14.1 Å². The molecular weight excluding hydrogens is 493 g/mol. The van der Waals surface area contributed by atoms with Crippen LogP contribution in [0.3, 0.4) is 0 Å². The number of rotatable bonds is 6. The van der Waals surface area contributed by atoms with E-state index in [9.17, 15) is 24.3 Å². The minimum absolute atomic E-state index is 0.0730. The first-order valence-corrected chi connectivity index (χ1v) is 10.9. The molecular formula is C23H19ClFN7O4. The number of nitrogens with zero attached hydrogens (tertiary/aromatic N) is 6. The molecule has 3 aromatic heterocycles. The van der Waals surface area contributed by atoms with Crippen molar-refractivity contribution in [3.8, 4) is 11.8 Å². The van der Waals surface area contributed by atoms with Gasteiger partial charge in [0.25, 0.3) is 11.5 Å². The molecule has 2 N–H and O–H groups in total. The predicted molar refractivity (Wildman–Crippen MR) is 125 cm³/mol. The number of aryl methyl sites for hydroxylation is 1. The Morgan fingerprint density at radius 1 is 1.33 bits per heavy atom. The molecule has 11 nitrogen and oxygen atoms in total. The zero-order chi connectivity index (χ0) is 26.1. The van der Waals surface area contributed by atoms with Crippen molar-refractivity contribution in [3.05, 3.63) is 86.4 Å². The number of anilines is 1. The van der Waals surface area contributed by atoms with Gasteiger partial charge in [-0.2, -0.15) is 10.4 Å². The van der Waals surface area contributed by atoms with Crippen LogP contribution in [0.15, 0.2) is 46.2 Å². The minimum atomic E-state index is -0.877. The van der Waals surface area contributed by atoms with Gasteiger partial charge in [0.2, 0.25) is 5.75 Å². The SMILES string of the molecule is C[C@@H](c1nc(C(=O)Nc2cnoc2)c(O)c(=O)n1C)[C@H](c1cc(F)ccc1Cl)c1cn(C)nc1C#N. The zero-order valence-electron chi connectivity index (χ0n) is 19.2. The van der Waals surface area contributed by atoms with Gasteiger partial charge < -0.3 is 14.9 Å². The summed E-state index contributed by atoms with van der Waals surface area (Å²) in [4.78, 5) is 30.0. The van der Waals surface area contributed by atoms with Gasteiger partial charge in [0, 0.05) is 42.7 Å². The fraction of sp³-hybridized carbons (Fsp3) is 0.217. The number of aromatic nitrogens is 5. The summed E-state index contributed by atoms with van der Waals surface area (Å²) in [6, 6.07) is 5.83. The molecule has 1 amide bonds. The highest BCUT2D eigenvalue weighted by molar-refractivity contribution is 6.31. The van der Waals surface area contributed by atoms with Crippen molar-refractivity contribution in [2.24, 2.45) is 14.1 Å². The maximum absolute atomic E-state index is 14.3. The standard InChI is InChI=1S/C23H19ClFN7O4/c1-11(18(14-6-12(25)4-5-16(14)24)15-9-31(2)30-17(15)7-26)21-29-19(20(33)23(35)32(21)3)22(34)28-13-8-27-36-10-13/h4-6,8-11,18,33H,1-3H3,(H,28,34)/t11-,18-/m1/s1. The zero-order valence-corrected chi connectivity index (χ0v) is 20.0. The number of nitrogens with one attached hydrogen (secondary N) is 1. The lowest BCUT2D eigenvalue weighted by molar-refractivity contribution is 0.101. The van der Waals surface area contributed by atoms with E-state index in [0.717, 1.165) is 10.8 Å². The van der Waals surface area contributed by atoms with Gasteiger partial charge in [-0.3, -0.25) is 18.8 Å². The molecule has 0 aliphatic rings. The highest BCUT2D eigenvalue weighted by Gasteiger charge is 2.33. The molecule has 1 aromatic carbocycles. The summed E-state index contributed by atoms with van der Waals surface area (Å²) in [5, 5.41) is 30.4. The van der Waals surface area contributed by atoms with Crippen LogP contribution in [0.2, 0.25) is 5.02 Å². The molecule has 0 fully saturated rings. The van der Waals surface area contributed by atoms with Gasteiger partial charge in [0.15, 0.2) is 11.4 Å². The van der Waals surface area contributed by atoms with Crippen LogP contribution in [0.1, 0.15) is 51.9 Å². The van der Waals surface area contributed by atoms with Crippen LogP contribution in [0.25, 0.3) is 0 Å². The van der Waals surface area contributed by atoms with Crippen molar-refractivity contribution in [2.75, 3.05) is 5.32 Å². The molecule has 4 rings (SSSR count). The Morgan fingerprint density at radius 3 is 2.75 bits per heavy atom. The summed E-state index contributed by atoms with van der Waals surface area (Å²) in [5.41, 5.74) is -0.405. The van der Waals surface area contributed by atoms with Gasteiger partial charge >= 0.3 is 0 Å². The van der Waals surface area contributed by atoms with E-state index >= 15 is 0 Å². The van der Waals surface area contributed by atoms with Gasteiger partial charge in [-0.15, -0.1) is 0 Å². The summed E-state index contributed by atoms with van der Waals surface area (Å²) >= 11 is 6.45. The summed E-state index contributed by atoms with van der Waals surface area (Å²) in [7, 11) is 3.00. The van der Waals surface area contributed by atoms with E-state index in [1.165, 1.54) is 36.1 Å². The number of amides is 1. The number of benzene rings is 1. The molecule has 0 saturated carbocycles. The number of carbonyl (C=O) groups is 1. The Hall–Kier alpha value is -4.50. The van der Waals surface area contributed by atoms with Crippen molar-refractivity contribution in [1.29, 1.82) is 5.26 Å². The molecule has 36 heavy (non-hydrogen) atoms. The Morgan fingerprint density at radius 2 is 2.08 bits per heavy atom. The van der Waals surface area contributed by atoms with Gasteiger partial charge in [0.05, 0.1) is 6.20 Å². The molecule has 0 aliphatic heterocycles. The maximum Gasteiger partial charge on any atom is 0.296 e. The lowest BCUT2D eigenvalue weighted by Gasteiger charge is -2.26. The van der Waals surface area contributed by atoms with E-state index in [-0.39, 0.29) is 22.2 Å². The third-order valence-electron chi connectivity index (χ3n) is 5.71. The Bertz CT molecular complexity index is 1550. The molecule has 2 atom stereocenters. The number of nitriles is 1. The van der Waals surface area contributed by atoms with Gasteiger partial charge in [0.1, 0.15) is 29.7 Å². The largest absolute Gasteiger partial charge is 0.501 e. The fourth-order valence-corrected chi connectivity index (χ4v) is 4.29. The van der Waals surface area contributed by atoms with Crippen LogP contribution in [-0.4, -0.2) is 35.5 Å². The fourth-order valence-electron chi connectivity index (χ4n) is 4.06. The summed E-state index contributed by atoms with van der Waals surface area (Å²) in [6.45, 7) is 1.68. The third kappa shape index (κ3) is 4.44. The van der Waals surface area contributed by atoms with Crippen LogP contribution >= 0.6 is 11.6 Å². The van der Waals surface area contributed by atoms with E-state index in [1.54, 1.807) is 20.2 Å². The first-order valence-electron chi connectivity index (χ1n) is 10.5. The highest BCUT2D eigenvalue weighted by Crippen LogP contribution is 2.42. The molecule has 0 spiro atoms. The number of halogens is 2. The molecule has 4 aromatic rings. The second-order valence-electron chi connectivity index (χ2n) is 8.05. The smallest absolute Gasteiger partial charge is 0.296 e. The molecule has 13 heteroatoms. The number of carbonyl (C=O) groups excluding carboxylic acids is 1. The first kappa shape index (κ1) is 24.6. The van der Waals surface area contributed by atoms with Crippen LogP contribution in [0.4, 0.5) is 10.1 Å². The highest BCUT2D eigenvalue weighted by atomic mass is 35.5. The second kappa shape index (κ2) is 9.63. The van der Waals surface area contributed by atoms with E-state index in [0.29, 0.717) is 11.1 Å². The monoisotopic (exact) mass is 511 g/mol. The number of hydrogen-bond donors (Lipinski definition) is 2. The van der Waals surface area contributed by atoms with Gasteiger partial charge in [-0.25, -0.2) is 9.37 Å². The second-order valence-corrected chi connectivity index (χ2v) is 8.46. The lowest BCUT2D eigenvalue weighted by Crippen LogP contribution is -2.29. The molecule has 184 valence electrons. The molecule has 0 bridgehead atoms. The van der Waals surface area contributed by atoms with E-state index in [2.05, 4.69) is 25.1 Å². The first-order chi connectivity index (χ1) is 17.1. The topological polar surface area (TPSA) is 152 Å². The van der Waals surface area contributed by atoms with Crippen molar-refractivity contribution in [2.45, 2.75) is 18.8 Å². The number of hydrogen-bond acceptors (Lipinski definition) is 8. The van der Waals surface area contributed by atoms with E-state index in [4.69, 9.17) is 11.6 Å². The van der Waals surface area contributed by atoms with Crippen LogP contribution < -0.4 is 10.9 Å². The molecule has 0 saturated heterocycles. The normalized spacial score (nSPS) is 12.7. The van der Waals surface area contributed by atoms with E-state index < -0.39 is 40.6 Å². The van der Waals surface area contributed by atoms with Crippen molar-refractivity contribution < 1.29 is 18.8 Å². The maximum atomic E-state index is 14.3. The van der Waals surface area contributed by atoms with Gasteiger partial charge in [-0.05, 0) is 23.8 Å². The summed E-state index contributed by atoms with van der Waals surface area (Å²) < 4.78 is 21.5. The van der Waals surface area contributed by atoms with Crippen molar-refractivity contribution >= 4 is 23.2 Å². The summed E-state index contributed by atoms with van der Waals surface area (Å²) in [5.74, 6) is -3.76. The van der Waals surface area contributed by atoms with Crippen LogP contribution in [0, 0.1) is 17.1 Å². The lowest BCUT2D eigenvalue weighted by atomic mass is 9.81. The van der Waals surface area contributed by atoms with Crippen molar-refractivity contribution in [3.63, 3.8) is 0 Å². The molecule has 0 radical (unpaired) electrons. The molecule has 3 heterocycles. The average Bonchev–Trinajstić information content (AvgIpc) is 3.49. The summed E-state index contributed by atoms with van der Waals surface area (Å²) in [6.07, 6.45) is 3.99. The molecule has 0 unspecified atom stereocenters. The van der Waals surface area contributed by atoms with Gasteiger partial charge in [-0.1, -0.05) is 23.7 Å². The van der Waals surface area contributed by atoms with E-state index in [1.807, 2.05) is 6.07 Å². The Labute approximate surface area is 208 Å². The average molecular weight is 512 g/mol. The van der Waals surface area contributed by atoms with Crippen molar-refractivity contribution in [1.82, 2.24) is 24.5 Å². The molecule has 0 aliphatic carbocycles.